The van der Waals surface area contributed by atoms with E-state index in [2.05, 4.69) is 25.4 Å². The first-order chi connectivity index (χ1) is 10.3. The highest BCUT2D eigenvalue weighted by molar-refractivity contribution is 5.81. The molecular formula is C12H12N6O3. The fourth-order valence-corrected chi connectivity index (χ4v) is 1.88. The zero-order valence-corrected chi connectivity index (χ0v) is 11.2. The number of H-pyrrole nitrogens is 1. The summed E-state index contributed by atoms with van der Waals surface area (Å²) in [5, 5.41) is 11.7. The molecule has 2 aromatic heterocycles. The quantitative estimate of drug-likeness (QED) is 0.703. The Morgan fingerprint density at radius 1 is 1.33 bits per heavy atom. The third-order valence-electron chi connectivity index (χ3n) is 2.87. The van der Waals surface area contributed by atoms with Crippen molar-refractivity contribution in [3.8, 4) is 11.5 Å². The number of benzene rings is 1. The van der Waals surface area contributed by atoms with Crippen LogP contribution in [0.1, 0.15) is 0 Å². The number of nitrogens with zero attached hydrogens (tertiary/aromatic N) is 5. The maximum atomic E-state index is 11.7. The molecule has 0 bridgehead atoms. The molecule has 0 radical (unpaired) electrons. The summed E-state index contributed by atoms with van der Waals surface area (Å²) in [4.78, 5) is 19.7. The van der Waals surface area contributed by atoms with E-state index in [1.54, 1.807) is 12.1 Å². The second-order valence-electron chi connectivity index (χ2n) is 4.13. The van der Waals surface area contributed by atoms with Crippen LogP contribution in [-0.4, -0.2) is 43.9 Å². The molecule has 0 aliphatic heterocycles. The minimum Gasteiger partial charge on any atom is -0.493 e. The van der Waals surface area contributed by atoms with E-state index in [4.69, 9.17) is 9.47 Å². The molecule has 3 rings (SSSR count). The Bertz CT molecular complexity index is 798. The summed E-state index contributed by atoms with van der Waals surface area (Å²) < 4.78 is 10.9. The molecule has 0 saturated heterocycles. The number of fused-ring (bicyclic) bond motifs is 1. The van der Waals surface area contributed by atoms with E-state index in [1.807, 2.05) is 0 Å². The van der Waals surface area contributed by atoms with Crippen molar-refractivity contribution in [2.75, 3.05) is 13.7 Å². The van der Waals surface area contributed by atoms with Crippen molar-refractivity contribution in [3.63, 3.8) is 0 Å². The number of aromatic nitrogens is 6. The van der Waals surface area contributed by atoms with Crippen molar-refractivity contribution in [2.24, 2.45) is 0 Å². The Morgan fingerprint density at radius 3 is 3.00 bits per heavy atom. The lowest BCUT2D eigenvalue weighted by atomic mass is 10.2. The van der Waals surface area contributed by atoms with E-state index in [-0.39, 0.29) is 5.56 Å². The number of tetrazole rings is 1. The van der Waals surface area contributed by atoms with Crippen molar-refractivity contribution in [1.29, 1.82) is 0 Å². The lowest BCUT2D eigenvalue weighted by Gasteiger charge is -2.11. The number of hydrogen-bond acceptors (Lipinski definition) is 7. The average Bonchev–Trinajstić information content (AvgIpc) is 3.00. The molecular weight excluding hydrogens is 276 g/mol. The number of aromatic amines is 1. The molecule has 0 spiro atoms. The molecule has 0 saturated carbocycles. The Morgan fingerprint density at radius 2 is 2.24 bits per heavy atom. The first-order valence-corrected chi connectivity index (χ1v) is 6.17. The van der Waals surface area contributed by atoms with Gasteiger partial charge in [0.2, 0.25) is 0 Å². The summed E-state index contributed by atoms with van der Waals surface area (Å²) in [6.07, 6.45) is 2.70. The highest BCUT2D eigenvalue weighted by Crippen LogP contribution is 2.30. The van der Waals surface area contributed by atoms with Crippen LogP contribution in [0.25, 0.3) is 10.9 Å². The van der Waals surface area contributed by atoms with Crippen LogP contribution in [0.5, 0.6) is 11.5 Å². The van der Waals surface area contributed by atoms with Gasteiger partial charge in [0.05, 0.1) is 30.9 Å². The highest BCUT2D eigenvalue weighted by Gasteiger charge is 2.10. The first-order valence-electron chi connectivity index (χ1n) is 6.17. The molecule has 9 heteroatoms. The Balaban J connectivity index is 1.85. The van der Waals surface area contributed by atoms with E-state index < -0.39 is 0 Å². The second-order valence-corrected chi connectivity index (χ2v) is 4.13. The van der Waals surface area contributed by atoms with Gasteiger partial charge in [-0.05, 0) is 11.3 Å². The van der Waals surface area contributed by atoms with Crippen LogP contribution in [0, 0.1) is 0 Å². The van der Waals surface area contributed by atoms with Crippen LogP contribution in [-0.2, 0) is 6.54 Å². The zero-order chi connectivity index (χ0) is 14.7. The molecule has 0 aliphatic carbocycles. The van der Waals surface area contributed by atoms with E-state index >= 15 is 0 Å². The zero-order valence-electron chi connectivity index (χ0n) is 11.2. The van der Waals surface area contributed by atoms with Crippen molar-refractivity contribution in [2.45, 2.75) is 6.54 Å². The van der Waals surface area contributed by atoms with E-state index in [0.29, 0.717) is 35.6 Å². The van der Waals surface area contributed by atoms with Gasteiger partial charge in [0.15, 0.2) is 17.8 Å². The molecule has 108 valence electrons. The Labute approximate surface area is 118 Å². The number of methoxy groups -OCH3 is 1. The number of nitrogens with one attached hydrogen (secondary N) is 1. The van der Waals surface area contributed by atoms with Crippen LogP contribution in [0.3, 0.4) is 0 Å². The van der Waals surface area contributed by atoms with Gasteiger partial charge in [0.25, 0.3) is 5.56 Å². The minimum atomic E-state index is -0.225. The van der Waals surface area contributed by atoms with Gasteiger partial charge in [-0.25, -0.2) is 4.98 Å². The summed E-state index contributed by atoms with van der Waals surface area (Å²) in [5.41, 5.74) is 0.310. The van der Waals surface area contributed by atoms with Crippen molar-refractivity contribution in [3.05, 3.63) is 35.1 Å². The maximum absolute atomic E-state index is 11.7. The van der Waals surface area contributed by atoms with Crippen LogP contribution in [0.15, 0.2) is 29.6 Å². The summed E-state index contributed by atoms with van der Waals surface area (Å²) in [7, 11) is 1.51. The number of ether oxygens (including phenoxy) is 2. The normalized spacial score (nSPS) is 10.7. The molecule has 2 heterocycles. The fourth-order valence-electron chi connectivity index (χ4n) is 1.88. The standard InChI is InChI=1S/C12H12N6O3/c1-20-10-4-8-9(13-6-14-12(8)19)5-11(10)21-3-2-18-16-7-15-17-18/h4-7H,2-3H2,1H3,(H,13,14,19). The number of hydrogen-bond donors (Lipinski definition) is 1. The molecule has 1 N–H and O–H groups in total. The van der Waals surface area contributed by atoms with Gasteiger partial charge in [-0.15, -0.1) is 10.2 Å². The van der Waals surface area contributed by atoms with Gasteiger partial charge in [0.1, 0.15) is 6.61 Å². The van der Waals surface area contributed by atoms with E-state index in [9.17, 15) is 4.79 Å². The van der Waals surface area contributed by atoms with E-state index in [1.165, 1.54) is 24.6 Å². The molecule has 1 aromatic carbocycles. The van der Waals surface area contributed by atoms with E-state index in [0.717, 1.165) is 0 Å². The largest absolute Gasteiger partial charge is 0.493 e. The second kappa shape index (κ2) is 5.57. The minimum absolute atomic E-state index is 0.225. The molecule has 0 unspecified atom stereocenters. The highest BCUT2D eigenvalue weighted by atomic mass is 16.5. The van der Waals surface area contributed by atoms with Crippen LogP contribution < -0.4 is 15.0 Å². The molecule has 21 heavy (non-hydrogen) atoms. The molecule has 0 fully saturated rings. The summed E-state index contributed by atoms with van der Waals surface area (Å²) in [6.45, 7) is 0.783. The summed E-state index contributed by atoms with van der Waals surface area (Å²) >= 11 is 0. The smallest absolute Gasteiger partial charge is 0.258 e. The van der Waals surface area contributed by atoms with Gasteiger partial charge < -0.3 is 14.5 Å². The first kappa shape index (κ1) is 13.0. The lowest BCUT2D eigenvalue weighted by Crippen LogP contribution is -2.12. The predicted octanol–water partition coefficient (Wildman–Crippen LogP) is -0.00280. The third-order valence-corrected chi connectivity index (χ3v) is 2.87. The molecule has 9 nitrogen and oxygen atoms in total. The molecule has 0 aliphatic rings. The average molecular weight is 288 g/mol. The van der Waals surface area contributed by atoms with Crippen molar-refractivity contribution in [1.82, 2.24) is 30.2 Å². The maximum Gasteiger partial charge on any atom is 0.258 e. The van der Waals surface area contributed by atoms with Crippen molar-refractivity contribution >= 4 is 10.9 Å². The number of rotatable bonds is 5. The summed E-state index contributed by atoms with van der Waals surface area (Å²) in [5.74, 6) is 0.968. The van der Waals surface area contributed by atoms with Gasteiger partial charge in [-0.1, -0.05) is 0 Å². The Hall–Kier alpha value is -2.97. The van der Waals surface area contributed by atoms with Crippen LogP contribution in [0.4, 0.5) is 0 Å². The van der Waals surface area contributed by atoms with Gasteiger partial charge in [0, 0.05) is 6.07 Å². The van der Waals surface area contributed by atoms with Gasteiger partial charge in [-0.2, -0.15) is 4.80 Å². The summed E-state index contributed by atoms with van der Waals surface area (Å²) in [6, 6.07) is 3.27. The SMILES string of the molecule is COc1cc2c(=O)[nH]cnc2cc1OCCn1ncnn1. The predicted molar refractivity (Wildman–Crippen MR) is 72.2 cm³/mol. The fraction of sp³-hybridized carbons (Fsp3) is 0.250. The Kier molecular flexibility index (Phi) is 3.46. The van der Waals surface area contributed by atoms with Crippen LogP contribution >= 0.6 is 0 Å². The van der Waals surface area contributed by atoms with Crippen molar-refractivity contribution < 1.29 is 9.47 Å². The molecule has 3 aromatic rings. The van der Waals surface area contributed by atoms with Crippen LogP contribution in [0.2, 0.25) is 0 Å². The molecule has 0 amide bonds. The monoisotopic (exact) mass is 288 g/mol. The van der Waals surface area contributed by atoms with Gasteiger partial charge >= 0.3 is 0 Å². The lowest BCUT2D eigenvalue weighted by molar-refractivity contribution is 0.266. The van der Waals surface area contributed by atoms with Gasteiger partial charge in [-0.3, -0.25) is 4.79 Å². The molecule has 0 atom stereocenters. The third kappa shape index (κ3) is 2.66. The topological polar surface area (TPSA) is 108 Å².